The summed E-state index contributed by atoms with van der Waals surface area (Å²) in [6.45, 7) is 1.93. The Balaban J connectivity index is 2.88. The van der Waals surface area contributed by atoms with Gasteiger partial charge in [0.05, 0.1) is 12.5 Å². The van der Waals surface area contributed by atoms with Gasteiger partial charge in [0.25, 0.3) is 0 Å². The van der Waals surface area contributed by atoms with E-state index in [0.29, 0.717) is 11.1 Å². The second kappa shape index (κ2) is 3.00. The molecule has 0 aliphatic heterocycles. The van der Waals surface area contributed by atoms with Crippen LogP contribution in [0.25, 0.3) is 10.1 Å². The Labute approximate surface area is 79.8 Å². The number of aryl methyl sites for hydroxylation is 1. The normalized spacial score (nSPS) is 10.7. The molecule has 68 valence electrons. The van der Waals surface area contributed by atoms with Crippen LogP contribution in [0.1, 0.15) is 4.88 Å². The number of thiophene rings is 1. The number of hydrogen-bond donors (Lipinski definition) is 0. The Hall–Kier alpha value is -1.09. The second-order valence-corrected chi connectivity index (χ2v) is 4.06. The van der Waals surface area contributed by atoms with Gasteiger partial charge >= 0.3 is 0 Å². The van der Waals surface area contributed by atoms with Gasteiger partial charge in [-0.3, -0.25) is 0 Å². The highest BCUT2D eigenvalue weighted by Gasteiger charge is 2.12. The van der Waals surface area contributed by atoms with Crippen molar-refractivity contribution in [2.75, 3.05) is 7.11 Å². The minimum absolute atomic E-state index is 0.210. The van der Waals surface area contributed by atoms with Crippen LogP contribution >= 0.6 is 11.3 Å². The number of methoxy groups -OCH3 is 1. The van der Waals surface area contributed by atoms with E-state index in [1.165, 1.54) is 6.07 Å². The van der Waals surface area contributed by atoms with E-state index >= 15 is 0 Å². The standard InChI is InChI=1S/C10H9FOS/c1-6-10(12-2)9-7(11)4-3-5-8(9)13-6/h3-5H,1-2H3. The molecular weight excluding hydrogens is 187 g/mol. The van der Waals surface area contributed by atoms with Crippen molar-refractivity contribution in [2.24, 2.45) is 0 Å². The van der Waals surface area contributed by atoms with Gasteiger partial charge in [0.2, 0.25) is 0 Å². The third-order valence-electron chi connectivity index (χ3n) is 1.99. The van der Waals surface area contributed by atoms with E-state index in [1.807, 2.05) is 13.0 Å². The fourth-order valence-electron chi connectivity index (χ4n) is 1.44. The van der Waals surface area contributed by atoms with Crippen molar-refractivity contribution >= 4 is 21.4 Å². The van der Waals surface area contributed by atoms with Gasteiger partial charge in [-0.05, 0) is 19.1 Å². The lowest BCUT2D eigenvalue weighted by Gasteiger charge is -1.98. The van der Waals surface area contributed by atoms with Gasteiger partial charge in [0.15, 0.2) is 0 Å². The molecule has 13 heavy (non-hydrogen) atoms. The minimum Gasteiger partial charge on any atom is -0.495 e. The monoisotopic (exact) mass is 196 g/mol. The maximum absolute atomic E-state index is 13.4. The van der Waals surface area contributed by atoms with Crippen molar-refractivity contribution in [3.05, 3.63) is 28.9 Å². The predicted octanol–water partition coefficient (Wildman–Crippen LogP) is 3.36. The highest BCUT2D eigenvalue weighted by Crippen LogP contribution is 2.38. The molecule has 0 aliphatic rings. The van der Waals surface area contributed by atoms with E-state index < -0.39 is 0 Å². The topological polar surface area (TPSA) is 9.23 Å². The van der Waals surface area contributed by atoms with Gasteiger partial charge in [0.1, 0.15) is 11.6 Å². The zero-order valence-corrected chi connectivity index (χ0v) is 8.24. The first kappa shape index (κ1) is 8.51. The zero-order valence-electron chi connectivity index (χ0n) is 7.43. The van der Waals surface area contributed by atoms with Crippen LogP contribution in [0.15, 0.2) is 18.2 Å². The first-order valence-electron chi connectivity index (χ1n) is 3.95. The lowest BCUT2D eigenvalue weighted by atomic mass is 10.2. The van der Waals surface area contributed by atoms with Gasteiger partial charge in [-0.1, -0.05) is 6.07 Å². The van der Waals surface area contributed by atoms with E-state index in [4.69, 9.17) is 4.74 Å². The summed E-state index contributed by atoms with van der Waals surface area (Å²) in [5.74, 6) is 0.455. The second-order valence-electron chi connectivity index (χ2n) is 2.80. The Morgan fingerprint density at radius 1 is 1.38 bits per heavy atom. The molecule has 1 aromatic heterocycles. The van der Waals surface area contributed by atoms with Crippen LogP contribution in [0, 0.1) is 12.7 Å². The van der Waals surface area contributed by atoms with Crippen LogP contribution in [0.4, 0.5) is 4.39 Å². The number of benzene rings is 1. The van der Waals surface area contributed by atoms with Crippen molar-refractivity contribution in [1.29, 1.82) is 0 Å². The Bertz CT molecular complexity index is 447. The molecule has 0 aliphatic carbocycles. The summed E-state index contributed by atoms with van der Waals surface area (Å²) >= 11 is 1.55. The molecule has 0 unspecified atom stereocenters. The van der Waals surface area contributed by atoms with Crippen molar-refractivity contribution < 1.29 is 9.13 Å². The number of halogens is 1. The van der Waals surface area contributed by atoms with E-state index in [1.54, 1.807) is 24.5 Å². The lowest BCUT2D eigenvalue weighted by molar-refractivity contribution is 0.417. The van der Waals surface area contributed by atoms with Crippen LogP contribution < -0.4 is 4.74 Å². The molecule has 0 bridgehead atoms. The maximum atomic E-state index is 13.4. The molecule has 3 heteroatoms. The van der Waals surface area contributed by atoms with Gasteiger partial charge in [-0.15, -0.1) is 11.3 Å². The van der Waals surface area contributed by atoms with E-state index in [0.717, 1.165) is 9.58 Å². The number of fused-ring (bicyclic) bond motifs is 1. The molecule has 0 atom stereocenters. The van der Waals surface area contributed by atoms with E-state index in [-0.39, 0.29) is 5.82 Å². The third kappa shape index (κ3) is 1.20. The Morgan fingerprint density at radius 3 is 2.85 bits per heavy atom. The molecule has 2 aromatic rings. The molecule has 0 amide bonds. The van der Waals surface area contributed by atoms with E-state index in [2.05, 4.69) is 0 Å². The molecule has 0 N–H and O–H groups in total. The fraction of sp³-hybridized carbons (Fsp3) is 0.200. The summed E-state index contributed by atoms with van der Waals surface area (Å²) in [5, 5.41) is 0.604. The van der Waals surface area contributed by atoms with Crippen LogP contribution in [0.3, 0.4) is 0 Å². The first-order chi connectivity index (χ1) is 6.24. The molecule has 1 aromatic carbocycles. The average Bonchev–Trinajstić information content (AvgIpc) is 2.42. The lowest BCUT2D eigenvalue weighted by Crippen LogP contribution is -1.84. The summed E-state index contributed by atoms with van der Waals surface area (Å²) in [7, 11) is 1.57. The molecule has 2 rings (SSSR count). The number of hydrogen-bond acceptors (Lipinski definition) is 2. The van der Waals surface area contributed by atoms with Crippen LogP contribution in [0.2, 0.25) is 0 Å². The fourth-order valence-corrected chi connectivity index (χ4v) is 2.49. The van der Waals surface area contributed by atoms with Gasteiger partial charge in [0, 0.05) is 9.58 Å². The maximum Gasteiger partial charge on any atom is 0.143 e. The highest BCUT2D eigenvalue weighted by atomic mass is 32.1. The van der Waals surface area contributed by atoms with Crippen LogP contribution in [-0.2, 0) is 0 Å². The summed E-state index contributed by atoms with van der Waals surface area (Å²) < 4.78 is 19.5. The largest absolute Gasteiger partial charge is 0.495 e. The first-order valence-corrected chi connectivity index (χ1v) is 4.77. The van der Waals surface area contributed by atoms with Crippen molar-refractivity contribution in [3.63, 3.8) is 0 Å². The summed E-state index contributed by atoms with van der Waals surface area (Å²) in [6, 6.07) is 5.07. The Kier molecular flexibility index (Phi) is 1.96. The Morgan fingerprint density at radius 2 is 2.15 bits per heavy atom. The molecule has 0 spiro atoms. The molecule has 0 radical (unpaired) electrons. The van der Waals surface area contributed by atoms with Gasteiger partial charge in [-0.25, -0.2) is 4.39 Å². The molecule has 0 saturated heterocycles. The summed E-state index contributed by atoms with van der Waals surface area (Å²) in [4.78, 5) is 1.02. The minimum atomic E-state index is -0.210. The number of ether oxygens (including phenoxy) is 1. The molecule has 0 saturated carbocycles. The third-order valence-corrected chi connectivity index (χ3v) is 3.04. The van der Waals surface area contributed by atoms with Crippen LogP contribution in [0.5, 0.6) is 5.75 Å². The predicted molar refractivity (Wildman–Crippen MR) is 53.1 cm³/mol. The molecular formula is C10H9FOS. The summed E-state index contributed by atoms with van der Waals surface area (Å²) in [5.41, 5.74) is 0. The van der Waals surface area contributed by atoms with Crippen molar-refractivity contribution in [1.82, 2.24) is 0 Å². The molecule has 1 nitrogen and oxygen atoms in total. The van der Waals surface area contributed by atoms with Gasteiger partial charge < -0.3 is 4.74 Å². The van der Waals surface area contributed by atoms with E-state index in [9.17, 15) is 4.39 Å². The smallest absolute Gasteiger partial charge is 0.143 e. The zero-order chi connectivity index (χ0) is 9.42. The number of rotatable bonds is 1. The van der Waals surface area contributed by atoms with Crippen molar-refractivity contribution in [2.45, 2.75) is 6.92 Å². The quantitative estimate of drug-likeness (QED) is 0.679. The molecule has 0 fully saturated rings. The highest BCUT2D eigenvalue weighted by molar-refractivity contribution is 7.19. The molecule has 1 heterocycles. The van der Waals surface area contributed by atoms with Crippen molar-refractivity contribution in [3.8, 4) is 5.75 Å². The average molecular weight is 196 g/mol. The van der Waals surface area contributed by atoms with Gasteiger partial charge in [-0.2, -0.15) is 0 Å². The van der Waals surface area contributed by atoms with Crippen LogP contribution in [-0.4, -0.2) is 7.11 Å². The SMILES string of the molecule is COc1c(C)sc2cccc(F)c12. The summed E-state index contributed by atoms with van der Waals surface area (Å²) in [6.07, 6.45) is 0.